The first-order chi connectivity index (χ1) is 10.5. The van der Waals surface area contributed by atoms with Crippen LogP contribution in [-0.4, -0.2) is 18.7 Å². The Kier molecular flexibility index (Phi) is 5.72. The van der Waals surface area contributed by atoms with Crippen molar-refractivity contribution in [3.63, 3.8) is 0 Å². The fraction of sp³-hybridized carbons (Fsp3) is 0.176. The second kappa shape index (κ2) is 7.75. The summed E-state index contributed by atoms with van der Waals surface area (Å²) in [6.45, 7) is 3.85. The topological polar surface area (TPSA) is 50.7 Å². The Morgan fingerprint density at radius 3 is 2.86 bits per heavy atom. The van der Waals surface area contributed by atoms with Crippen molar-refractivity contribution in [1.82, 2.24) is 5.43 Å². The van der Waals surface area contributed by atoms with Gasteiger partial charge in [0.1, 0.15) is 5.75 Å². The van der Waals surface area contributed by atoms with Crippen molar-refractivity contribution >= 4 is 28.1 Å². The molecule has 0 atom stereocenters. The minimum atomic E-state index is -0.299. The molecule has 1 N–H and O–H groups in total. The monoisotopic (exact) mass is 360 g/mol. The van der Waals surface area contributed by atoms with Gasteiger partial charge in [0, 0.05) is 4.47 Å². The van der Waals surface area contributed by atoms with Gasteiger partial charge in [-0.15, -0.1) is 0 Å². The first kappa shape index (κ1) is 16.2. The minimum absolute atomic E-state index is 0.0693. The lowest BCUT2D eigenvalue weighted by molar-refractivity contribution is -0.123. The van der Waals surface area contributed by atoms with Crippen molar-refractivity contribution in [3.8, 4) is 5.75 Å². The summed E-state index contributed by atoms with van der Waals surface area (Å²) >= 11 is 3.38. The molecular formula is C17H17BrN2O2. The maximum Gasteiger partial charge on any atom is 0.277 e. The van der Waals surface area contributed by atoms with E-state index in [9.17, 15) is 4.79 Å². The van der Waals surface area contributed by atoms with Gasteiger partial charge in [-0.25, -0.2) is 5.43 Å². The highest BCUT2D eigenvalue weighted by molar-refractivity contribution is 9.10. The van der Waals surface area contributed by atoms with Crippen molar-refractivity contribution in [1.29, 1.82) is 0 Å². The normalized spacial score (nSPS) is 10.7. The maximum atomic E-state index is 11.7. The van der Waals surface area contributed by atoms with E-state index in [0.29, 0.717) is 5.75 Å². The van der Waals surface area contributed by atoms with E-state index in [1.54, 1.807) is 6.21 Å². The van der Waals surface area contributed by atoms with Crippen molar-refractivity contribution in [2.75, 3.05) is 6.61 Å². The molecule has 0 saturated heterocycles. The molecule has 0 spiro atoms. The predicted octanol–water partition coefficient (Wildman–Crippen LogP) is 3.60. The number of nitrogens with one attached hydrogen (secondary N) is 1. The van der Waals surface area contributed by atoms with Gasteiger partial charge in [-0.05, 0) is 48.7 Å². The van der Waals surface area contributed by atoms with E-state index in [1.165, 1.54) is 0 Å². The Hall–Kier alpha value is -2.14. The number of halogens is 1. The van der Waals surface area contributed by atoms with E-state index in [2.05, 4.69) is 26.5 Å². The molecule has 114 valence electrons. The van der Waals surface area contributed by atoms with Crippen molar-refractivity contribution in [3.05, 3.63) is 63.6 Å². The zero-order valence-electron chi connectivity index (χ0n) is 12.5. The standard InChI is InChI=1S/C17H17BrN2O2/c1-12-6-7-13(2)16(8-12)22-11-17(21)20-19-10-14-4-3-5-15(18)9-14/h3-10H,11H2,1-2H3,(H,20,21)/b19-10-. The van der Waals surface area contributed by atoms with E-state index in [-0.39, 0.29) is 12.5 Å². The van der Waals surface area contributed by atoms with E-state index in [4.69, 9.17) is 4.74 Å². The smallest absolute Gasteiger partial charge is 0.277 e. The zero-order chi connectivity index (χ0) is 15.9. The van der Waals surface area contributed by atoms with Crippen LogP contribution >= 0.6 is 15.9 Å². The van der Waals surface area contributed by atoms with Crippen molar-refractivity contribution in [2.24, 2.45) is 5.10 Å². The molecule has 1 amide bonds. The SMILES string of the molecule is Cc1ccc(C)c(OCC(=O)N/N=C\c2cccc(Br)c2)c1. The van der Waals surface area contributed by atoms with Gasteiger partial charge in [0.2, 0.25) is 0 Å². The highest BCUT2D eigenvalue weighted by Gasteiger charge is 2.04. The van der Waals surface area contributed by atoms with E-state index in [0.717, 1.165) is 21.2 Å². The summed E-state index contributed by atoms with van der Waals surface area (Å²) in [5.41, 5.74) is 5.43. The third kappa shape index (κ3) is 5.00. The Morgan fingerprint density at radius 2 is 2.09 bits per heavy atom. The Balaban J connectivity index is 1.84. The van der Waals surface area contributed by atoms with Gasteiger partial charge in [0.25, 0.3) is 5.91 Å². The van der Waals surface area contributed by atoms with E-state index in [1.807, 2.05) is 56.3 Å². The second-order valence-electron chi connectivity index (χ2n) is 4.91. The largest absolute Gasteiger partial charge is 0.483 e. The number of rotatable bonds is 5. The molecule has 0 aromatic heterocycles. The van der Waals surface area contributed by atoms with Gasteiger partial charge in [0.05, 0.1) is 6.21 Å². The number of nitrogens with zero attached hydrogens (tertiary/aromatic N) is 1. The highest BCUT2D eigenvalue weighted by Crippen LogP contribution is 2.18. The maximum absolute atomic E-state index is 11.7. The fourth-order valence-corrected chi connectivity index (χ4v) is 2.22. The van der Waals surface area contributed by atoms with Crippen LogP contribution in [-0.2, 0) is 4.79 Å². The average molecular weight is 361 g/mol. The lowest BCUT2D eigenvalue weighted by Gasteiger charge is -2.08. The molecule has 0 aliphatic rings. The molecule has 22 heavy (non-hydrogen) atoms. The van der Waals surface area contributed by atoms with Gasteiger partial charge in [-0.3, -0.25) is 4.79 Å². The fourth-order valence-electron chi connectivity index (χ4n) is 1.80. The quantitative estimate of drug-likeness (QED) is 0.654. The summed E-state index contributed by atoms with van der Waals surface area (Å²) in [5, 5.41) is 3.91. The lowest BCUT2D eigenvalue weighted by Crippen LogP contribution is -2.24. The molecule has 2 aromatic carbocycles. The number of carbonyl (C=O) groups excluding carboxylic acids is 1. The lowest BCUT2D eigenvalue weighted by atomic mass is 10.1. The van der Waals surface area contributed by atoms with Crippen molar-refractivity contribution < 1.29 is 9.53 Å². The summed E-state index contributed by atoms with van der Waals surface area (Å²) < 4.78 is 6.47. The molecule has 0 aliphatic heterocycles. The molecule has 0 radical (unpaired) electrons. The number of ether oxygens (including phenoxy) is 1. The molecule has 0 bridgehead atoms. The molecule has 0 saturated carbocycles. The van der Waals surface area contributed by atoms with Crippen LogP contribution < -0.4 is 10.2 Å². The summed E-state index contributed by atoms with van der Waals surface area (Å²) in [4.78, 5) is 11.7. The van der Waals surface area contributed by atoms with Gasteiger partial charge >= 0.3 is 0 Å². The molecule has 0 unspecified atom stereocenters. The Morgan fingerprint density at radius 1 is 1.27 bits per heavy atom. The van der Waals surface area contributed by atoms with Crippen LogP contribution in [0.15, 0.2) is 52.0 Å². The molecule has 0 aliphatic carbocycles. The zero-order valence-corrected chi connectivity index (χ0v) is 14.1. The summed E-state index contributed by atoms with van der Waals surface area (Å²) in [7, 11) is 0. The molecule has 0 heterocycles. The third-order valence-electron chi connectivity index (χ3n) is 2.95. The molecule has 0 fully saturated rings. The van der Waals surface area contributed by atoms with Crippen LogP contribution in [0.25, 0.3) is 0 Å². The molecule has 4 nitrogen and oxygen atoms in total. The van der Waals surface area contributed by atoms with Gasteiger partial charge in [-0.1, -0.05) is 40.2 Å². The van der Waals surface area contributed by atoms with Crippen LogP contribution in [0.2, 0.25) is 0 Å². The molecular weight excluding hydrogens is 344 g/mol. The number of hydrogen-bond acceptors (Lipinski definition) is 3. The summed E-state index contributed by atoms with van der Waals surface area (Å²) in [5.74, 6) is 0.415. The summed E-state index contributed by atoms with van der Waals surface area (Å²) in [6.07, 6.45) is 1.58. The number of carbonyl (C=O) groups is 1. The second-order valence-corrected chi connectivity index (χ2v) is 5.82. The van der Waals surface area contributed by atoms with Crippen LogP contribution in [0.4, 0.5) is 0 Å². The molecule has 2 aromatic rings. The van der Waals surface area contributed by atoms with Crippen molar-refractivity contribution in [2.45, 2.75) is 13.8 Å². The highest BCUT2D eigenvalue weighted by atomic mass is 79.9. The van der Waals surface area contributed by atoms with Gasteiger partial charge < -0.3 is 4.74 Å². The van der Waals surface area contributed by atoms with Crippen LogP contribution in [0.1, 0.15) is 16.7 Å². The minimum Gasteiger partial charge on any atom is -0.483 e. The van der Waals surface area contributed by atoms with Crippen LogP contribution in [0.5, 0.6) is 5.75 Å². The Bertz CT molecular complexity index is 699. The van der Waals surface area contributed by atoms with Gasteiger partial charge in [0.15, 0.2) is 6.61 Å². The number of aryl methyl sites for hydroxylation is 2. The first-order valence-electron chi connectivity index (χ1n) is 6.82. The average Bonchev–Trinajstić information content (AvgIpc) is 2.48. The molecule has 2 rings (SSSR count). The number of hydrogen-bond donors (Lipinski definition) is 1. The number of benzene rings is 2. The van der Waals surface area contributed by atoms with E-state index < -0.39 is 0 Å². The van der Waals surface area contributed by atoms with Gasteiger partial charge in [-0.2, -0.15) is 5.10 Å². The van der Waals surface area contributed by atoms with Crippen LogP contribution in [0.3, 0.4) is 0 Å². The molecule has 5 heteroatoms. The van der Waals surface area contributed by atoms with Crippen LogP contribution in [0, 0.1) is 13.8 Å². The number of hydrazone groups is 1. The number of amides is 1. The van der Waals surface area contributed by atoms with E-state index >= 15 is 0 Å². The first-order valence-corrected chi connectivity index (χ1v) is 7.61. The predicted molar refractivity (Wildman–Crippen MR) is 91.3 cm³/mol. The third-order valence-corrected chi connectivity index (χ3v) is 3.45. The Labute approximate surface area is 138 Å². The summed E-state index contributed by atoms with van der Waals surface area (Å²) in [6, 6.07) is 13.5.